The van der Waals surface area contributed by atoms with Gasteiger partial charge in [0.05, 0.1) is 4.88 Å². The number of amides is 2. The van der Waals surface area contributed by atoms with Gasteiger partial charge in [0.2, 0.25) is 5.91 Å². The fourth-order valence-electron chi connectivity index (χ4n) is 4.11. The number of nitrogens with zero attached hydrogens (tertiary/aromatic N) is 2. The summed E-state index contributed by atoms with van der Waals surface area (Å²) in [6, 6.07) is 7.88. The molecule has 148 valence electrons. The van der Waals surface area contributed by atoms with E-state index in [2.05, 4.69) is 10.3 Å². The van der Waals surface area contributed by atoms with Crippen molar-refractivity contribution in [1.82, 2.24) is 15.2 Å². The number of aromatic nitrogens is 1. The van der Waals surface area contributed by atoms with Crippen molar-refractivity contribution < 1.29 is 9.59 Å². The third-order valence-corrected chi connectivity index (χ3v) is 6.94. The van der Waals surface area contributed by atoms with Crippen LogP contribution in [0.4, 0.5) is 0 Å². The van der Waals surface area contributed by atoms with Crippen LogP contribution in [0.1, 0.15) is 51.5 Å². The molecule has 0 radical (unpaired) electrons. The van der Waals surface area contributed by atoms with Gasteiger partial charge in [-0.3, -0.25) is 14.6 Å². The van der Waals surface area contributed by atoms with Crippen LogP contribution in [0.25, 0.3) is 0 Å². The topological polar surface area (TPSA) is 62.3 Å². The Kier molecular flexibility index (Phi) is 6.05. The molecule has 2 aromatic heterocycles. The second kappa shape index (κ2) is 8.86. The minimum atomic E-state index is 0.00349. The number of hydrogen-bond donors (Lipinski definition) is 1. The highest BCUT2D eigenvalue weighted by atomic mass is 32.1. The lowest BCUT2D eigenvalue weighted by atomic mass is 9.87. The highest BCUT2D eigenvalue weighted by Crippen LogP contribution is 2.33. The second-order valence-corrected chi connectivity index (χ2v) is 8.85. The Morgan fingerprint density at radius 2 is 2.07 bits per heavy atom. The molecule has 0 bridgehead atoms. The maximum atomic E-state index is 12.8. The molecule has 2 amide bonds. The molecule has 2 aliphatic rings. The third kappa shape index (κ3) is 4.43. The van der Waals surface area contributed by atoms with Crippen molar-refractivity contribution in [1.29, 1.82) is 0 Å². The van der Waals surface area contributed by atoms with Crippen LogP contribution in [0.2, 0.25) is 0 Å². The van der Waals surface area contributed by atoms with Crippen molar-refractivity contribution in [3.8, 4) is 0 Å². The summed E-state index contributed by atoms with van der Waals surface area (Å²) in [6.07, 6.45) is 8.47. The van der Waals surface area contributed by atoms with Crippen LogP contribution in [0.5, 0.6) is 0 Å². The highest BCUT2D eigenvalue weighted by molar-refractivity contribution is 7.14. The summed E-state index contributed by atoms with van der Waals surface area (Å²) < 4.78 is 0. The summed E-state index contributed by atoms with van der Waals surface area (Å²) >= 11 is 1.63. The predicted octanol–water partition coefficient (Wildman–Crippen LogP) is 3.23. The van der Waals surface area contributed by atoms with Crippen molar-refractivity contribution >= 4 is 23.2 Å². The third-order valence-electron chi connectivity index (χ3n) is 5.71. The van der Waals surface area contributed by atoms with E-state index in [1.54, 1.807) is 17.5 Å². The zero-order valence-corrected chi connectivity index (χ0v) is 17.0. The van der Waals surface area contributed by atoms with Crippen LogP contribution in [0.3, 0.4) is 0 Å². The zero-order valence-electron chi connectivity index (χ0n) is 16.2. The van der Waals surface area contributed by atoms with E-state index >= 15 is 0 Å². The van der Waals surface area contributed by atoms with Crippen LogP contribution in [-0.2, 0) is 24.1 Å². The van der Waals surface area contributed by atoms with E-state index in [0.717, 1.165) is 62.2 Å². The number of piperidine rings is 1. The molecule has 1 atom stereocenters. The van der Waals surface area contributed by atoms with Crippen molar-refractivity contribution in [3.05, 3.63) is 51.5 Å². The van der Waals surface area contributed by atoms with Gasteiger partial charge < -0.3 is 10.2 Å². The van der Waals surface area contributed by atoms with Gasteiger partial charge in [-0.1, -0.05) is 6.07 Å². The number of aryl methyl sites for hydroxylation is 1. The average molecular weight is 398 g/mol. The summed E-state index contributed by atoms with van der Waals surface area (Å²) in [7, 11) is 0. The number of rotatable bonds is 5. The molecule has 1 saturated heterocycles. The van der Waals surface area contributed by atoms with E-state index in [0.29, 0.717) is 6.54 Å². The first-order chi connectivity index (χ1) is 13.7. The molecule has 1 aliphatic carbocycles. The molecular formula is C22H27N3O2S. The number of pyridine rings is 1. The Labute approximate surface area is 170 Å². The molecule has 0 aromatic carbocycles. The Balaban J connectivity index is 1.32. The summed E-state index contributed by atoms with van der Waals surface area (Å²) in [5.74, 6) is 0.302. The molecular weight excluding hydrogens is 370 g/mol. The number of nitrogens with one attached hydrogen (secondary N) is 1. The minimum Gasteiger partial charge on any atom is -0.355 e. The van der Waals surface area contributed by atoms with Gasteiger partial charge in [-0.25, -0.2) is 0 Å². The van der Waals surface area contributed by atoms with Crippen molar-refractivity contribution in [3.63, 3.8) is 0 Å². The van der Waals surface area contributed by atoms with Crippen LogP contribution in [-0.4, -0.2) is 41.3 Å². The quantitative estimate of drug-likeness (QED) is 0.843. The number of hydrogen-bond acceptors (Lipinski definition) is 4. The lowest BCUT2D eigenvalue weighted by Gasteiger charge is -2.26. The summed E-state index contributed by atoms with van der Waals surface area (Å²) in [4.78, 5) is 33.8. The molecule has 1 fully saturated rings. The Morgan fingerprint density at radius 1 is 1.21 bits per heavy atom. The van der Waals surface area contributed by atoms with Crippen LogP contribution in [0.15, 0.2) is 30.5 Å². The number of thiophene rings is 1. The van der Waals surface area contributed by atoms with E-state index in [1.807, 2.05) is 29.2 Å². The Hall–Kier alpha value is -2.21. The number of likely N-dealkylation sites (tertiary alicyclic amines) is 1. The normalized spacial score (nSPS) is 19.1. The molecule has 3 heterocycles. The molecule has 1 N–H and O–H groups in total. The van der Waals surface area contributed by atoms with Gasteiger partial charge in [-0.15, -0.1) is 11.3 Å². The smallest absolute Gasteiger partial charge is 0.263 e. The lowest BCUT2D eigenvalue weighted by molar-refractivity contribution is -0.125. The number of fused-ring (bicyclic) bond motifs is 1. The van der Waals surface area contributed by atoms with Crippen LogP contribution < -0.4 is 5.32 Å². The van der Waals surface area contributed by atoms with Crippen LogP contribution in [0, 0.1) is 5.92 Å². The molecule has 4 rings (SSSR count). The Bertz CT molecular complexity index is 828. The van der Waals surface area contributed by atoms with Gasteiger partial charge in [0.1, 0.15) is 0 Å². The standard InChI is InChI=1S/C22H27N3O2S/c26-21(24-11-9-18-6-2-3-10-23-18)16-7-8-19-17(14-16)15-20(28-19)22(27)25-12-4-1-5-13-25/h2-3,6,10,15-16H,1,4-5,7-9,11-14H2,(H,24,26). The molecule has 5 nitrogen and oxygen atoms in total. The van der Waals surface area contributed by atoms with Gasteiger partial charge in [0.25, 0.3) is 5.91 Å². The molecule has 6 heteroatoms. The van der Waals surface area contributed by atoms with Crippen LogP contribution >= 0.6 is 11.3 Å². The van der Waals surface area contributed by atoms with E-state index < -0.39 is 0 Å². The fraction of sp³-hybridized carbons (Fsp3) is 0.500. The summed E-state index contributed by atoms with van der Waals surface area (Å²) in [5, 5.41) is 3.06. The summed E-state index contributed by atoms with van der Waals surface area (Å²) in [6.45, 7) is 2.37. The first-order valence-corrected chi connectivity index (χ1v) is 11.1. The fourth-order valence-corrected chi connectivity index (χ4v) is 5.29. The molecule has 28 heavy (non-hydrogen) atoms. The maximum absolute atomic E-state index is 12.8. The van der Waals surface area contributed by atoms with Gasteiger partial charge in [0.15, 0.2) is 0 Å². The molecule has 1 aliphatic heterocycles. The maximum Gasteiger partial charge on any atom is 0.263 e. The SMILES string of the molecule is O=C(NCCc1ccccn1)C1CCc2sc(C(=O)N3CCCCC3)cc2C1. The van der Waals surface area contributed by atoms with Gasteiger partial charge in [0, 0.05) is 48.7 Å². The van der Waals surface area contributed by atoms with Crippen molar-refractivity contribution in [2.45, 2.75) is 44.9 Å². The lowest BCUT2D eigenvalue weighted by Crippen LogP contribution is -2.35. The van der Waals surface area contributed by atoms with Crippen molar-refractivity contribution in [2.75, 3.05) is 19.6 Å². The second-order valence-electron chi connectivity index (χ2n) is 7.71. The van der Waals surface area contributed by atoms with E-state index in [1.165, 1.54) is 16.9 Å². The monoisotopic (exact) mass is 397 g/mol. The van der Waals surface area contributed by atoms with E-state index in [-0.39, 0.29) is 17.7 Å². The van der Waals surface area contributed by atoms with Crippen molar-refractivity contribution in [2.24, 2.45) is 5.92 Å². The summed E-state index contributed by atoms with van der Waals surface area (Å²) in [5.41, 5.74) is 2.19. The molecule has 0 saturated carbocycles. The van der Waals surface area contributed by atoms with E-state index in [4.69, 9.17) is 0 Å². The Morgan fingerprint density at radius 3 is 2.86 bits per heavy atom. The van der Waals surface area contributed by atoms with E-state index in [9.17, 15) is 9.59 Å². The van der Waals surface area contributed by atoms with Gasteiger partial charge in [-0.2, -0.15) is 0 Å². The first-order valence-electron chi connectivity index (χ1n) is 10.3. The minimum absolute atomic E-state index is 0.00349. The molecule has 1 unspecified atom stereocenters. The highest BCUT2D eigenvalue weighted by Gasteiger charge is 2.28. The molecule has 2 aromatic rings. The number of carbonyl (C=O) groups excluding carboxylic acids is 2. The largest absolute Gasteiger partial charge is 0.355 e. The predicted molar refractivity (Wildman–Crippen MR) is 111 cm³/mol. The zero-order chi connectivity index (χ0) is 19.3. The number of carbonyl (C=O) groups is 2. The van der Waals surface area contributed by atoms with Gasteiger partial charge in [-0.05, 0) is 62.3 Å². The van der Waals surface area contributed by atoms with Gasteiger partial charge >= 0.3 is 0 Å². The average Bonchev–Trinajstić information content (AvgIpc) is 3.18. The first kappa shape index (κ1) is 19.1. The molecule has 0 spiro atoms.